The molecule has 6 rings (SSSR count). The van der Waals surface area contributed by atoms with Crippen molar-refractivity contribution in [2.75, 3.05) is 0 Å². The lowest BCUT2D eigenvalue weighted by Gasteiger charge is -2.14. The summed E-state index contributed by atoms with van der Waals surface area (Å²) in [5.74, 6) is 0.335. The predicted molar refractivity (Wildman–Crippen MR) is 166 cm³/mol. The topological polar surface area (TPSA) is 55.7 Å². The van der Waals surface area contributed by atoms with Crippen LogP contribution in [0.25, 0.3) is 39.0 Å². The second kappa shape index (κ2) is 11.9. The molecule has 198 valence electrons. The molecule has 0 radical (unpaired) electrons. The van der Waals surface area contributed by atoms with E-state index in [-0.39, 0.29) is 5.78 Å². The van der Waals surface area contributed by atoms with Gasteiger partial charge in [-0.25, -0.2) is 0 Å². The normalized spacial score (nSPS) is 14.7. The molecule has 1 aliphatic rings. The fourth-order valence-electron chi connectivity index (χ4n) is 5.10. The first-order valence-electron chi connectivity index (χ1n) is 13.8. The summed E-state index contributed by atoms with van der Waals surface area (Å²) >= 11 is 0. The molecule has 0 aliphatic heterocycles. The van der Waals surface area contributed by atoms with Gasteiger partial charge in [-0.05, 0) is 94.8 Å². The second-order valence-corrected chi connectivity index (χ2v) is 10.3. The summed E-state index contributed by atoms with van der Waals surface area (Å²) < 4.78 is 0. The summed E-state index contributed by atoms with van der Waals surface area (Å²) in [5.41, 5.74) is 9.01. The molecule has 0 saturated carbocycles. The molecule has 0 N–H and O–H groups in total. The number of aromatic nitrogens is 3. The van der Waals surface area contributed by atoms with Gasteiger partial charge in [-0.2, -0.15) is 0 Å². The first-order valence-corrected chi connectivity index (χ1v) is 13.8. The van der Waals surface area contributed by atoms with Crippen molar-refractivity contribution in [2.24, 2.45) is 5.92 Å². The van der Waals surface area contributed by atoms with Gasteiger partial charge in [0.25, 0.3) is 0 Å². The Kier molecular flexibility index (Phi) is 7.55. The van der Waals surface area contributed by atoms with Crippen LogP contribution in [0.5, 0.6) is 0 Å². The molecule has 0 bridgehead atoms. The number of nitrogens with zero attached hydrogens (tertiary/aromatic N) is 3. The summed E-state index contributed by atoms with van der Waals surface area (Å²) in [5, 5.41) is 0. The van der Waals surface area contributed by atoms with Crippen molar-refractivity contribution in [2.45, 2.75) is 13.3 Å². The average molecular weight is 532 g/mol. The van der Waals surface area contributed by atoms with Gasteiger partial charge in [0, 0.05) is 65.0 Å². The van der Waals surface area contributed by atoms with E-state index in [2.05, 4.69) is 64.4 Å². The number of hydrogen-bond acceptors (Lipinski definition) is 4. The van der Waals surface area contributed by atoms with E-state index < -0.39 is 0 Å². The molecule has 41 heavy (non-hydrogen) atoms. The van der Waals surface area contributed by atoms with E-state index in [0.717, 1.165) is 50.9 Å². The van der Waals surface area contributed by atoms with Crippen LogP contribution in [0.1, 0.15) is 34.8 Å². The van der Waals surface area contributed by atoms with Crippen LogP contribution in [-0.2, 0) is 0 Å². The van der Waals surface area contributed by atoms with Gasteiger partial charge < -0.3 is 0 Å². The van der Waals surface area contributed by atoms with Crippen LogP contribution in [0.4, 0.5) is 0 Å². The minimum atomic E-state index is -0.0451. The summed E-state index contributed by atoms with van der Waals surface area (Å²) in [6.07, 6.45) is 22.4. The smallest absolute Gasteiger partial charge is 0.193 e. The zero-order valence-corrected chi connectivity index (χ0v) is 22.8. The first kappa shape index (κ1) is 26.0. The van der Waals surface area contributed by atoms with E-state index in [0.29, 0.717) is 17.0 Å². The van der Waals surface area contributed by atoms with Crippen molar-refractivity contribution >= 4 is 11.4 Å². The van der Waals surface area contributed by atoms with Gasteiger partial charge in [-0.3, -0.25) is 19.7 Å². The third kappa shape index (κ3) is 6.02. The van der Waals surface area contributed by atoms with Gasteiger partial charge in [-0.15, -0.1) is 0 Å². The highest BCUT2D eigenvalue weighted by molar-refractivity contribution is 6.11. The van der Waals surface area contributed by atoms with Crippen LogP contribution in [-0.4, -0.2) is 20.7 Å². The van der Waals surface area contributed by atoms with E-state index in [4.69, 9.17) is 0 Å². The Morgan fingerprint density at radius 3 is 1.61 bits per heavy atom. The summed E-state index contributed by atoms with van der Waals surface area (Å²) in [6, 6.07) is 23.9. The number of ketones is 1. The largest absolute Gasteiger partial charge is 0.289 e. The van der Waals surface area contributed by atoms with Crippen LogP contribution in [0.2, 0.25) is 0 Å². The van der Waals surface area contributed by atoms with Gasteiger partial charge in [0.1, 0.15) is 0 Å². The van der Waals surface area contributed by atoms with Crippen LogP contribution < -0.4 is 0 Å². The molecule has 3 heterocycles. The van der Waals surface area contributed by atoms with Crippen molar-refractivity contribution in [1.82, 2.24) is 15.0 Å². The minimum Gasteiger partial charge on any atom is -0.289 e. The second-order valence-electron chi connectivity index (χ2n) is 10.3. The highest BCUT2D eigenvalue weighted by Crippen LogP contribution is 2.32. The maximum atomic E-state index is 14.3. The Morgan fingerprint density at radius 2 is 1.12 bits per heavy atom. The van der Waals surface area contributed by atoms with Gasteiger partial charge >= 0.3 is 0 Å². The Morgan fingerprint density at radius 1 is 0.634 bits per heavy atom. The molecule has 4 nitrogen and oxygen atoms in total. The van der Waals surface area contributed by atoms with Crippen molar-refractivity contribution < 1.29 is 4.79 Å². The van der Waals surface area contributed by atoms with Crippen molar-refractivity contribution in [3.63, 3.8) is 0 Å². The van der Waals surface area contributed by atoms with E-state index >= 15 is 0 Å². The van der Waals surface area contributed by atoms with Gasteiger partial charge in [-0.1, -0.05) is 55.5 Å². The standard InChI is InChI=1S/C37H29N3O/c1-26-8-3-2-4-9-27(16-26)31-17-32(28-10-5-13-38-23-28)20-35(19-31)37(41)36-21-33(29-11-6-14-39-24-29)18-34(22-36)30-12-7-15-40-25-30/h2-7,9-26H,8H2,1H3. The third-order valence-electron chi connectivity index (χ3n) is 7.20. The van der Waals surface area contributed by atoms with E-state index in [1.54, 1.807) is 18.6 Å². The van der Waals surface area contributed by atoms with E-state index in [1.165, 1.54) is 0 Å². The number of benzene rings is 2. The molecule has 3 aromatic heterocycles. The summed E-state index contributed by atoms with van der Waals surface area (Å²) in [4.78, 5) is 27.3. The van der Waals surface area contributed by atoms with Gasteiger partial charge in [0.15, 0.2) is 5.78 Å². The Labute approximate surface area is 240 Å². The molecule has 1 aliphatic carbocycles. The molecule has 0 amide bonds. The summed E-state index contributed by atoms with van der Waals surface area (Å²) in [7, 11) is 0. The molecule has 0 spiro atoms. The SMILES string of the molecule is CC1C=C(c2cc(C(=O)c3cc(-c4cccnc4)cc(-c4cccnc4)c3)cc(-c3cccnc3)c2)C=CC=CC1. The maximum Gasteiger partial charge on any atom is 0.193 e. The zero-order valence-electron chi connectivity index (χ0n) is 22.8. The molecule has 2 aromatic carbocycles. The Balaban J connectivity index is 1.51. The molecule has 0 fully saturated rings. The fourth-order valence-corrected chi connectivity index (χ4v) is 5.10. The van der Waals surface area contributed by atoms with Crippen LogP contribution >= 0.6 is 0 Å². The minimum absolute atomic E-state index is 0.0451. The lowest BCUT2D eigenvalue weighted by molar-refractivity contribution is 0.103. The molecule has 4 heteroatoms. The highest BCUT2D eigenvalue weighted by Gasteiger charge is 2.17. The number of carbonyl (C=O) groups is 1. The zero-order chi connectivity index (χ0) is 28.0. The quantitative estimate of drug-likeness (QED) is 0.206. The predicted octanol–water partition coefficient (Wildman–Crippen LogP) is 8.64. The number of allylic oxidation sites excluding steroid dienone is 6. The molecule has 5 aromatic rings. The Hall–Kier alpha value is -5.22. The lowest BCUT2D eigenvalue weighted by Crippen LogP contribution is -2.04. The average Bonchev–Trinajstić information content (AvgIpc) is 3.03. The Bertz CT molecular complexity index is 1710. The third-order valence-corrected chi connectivity index (χ3v) is 7.20. The van der Waals surface area contributed by atoms with E-state index in [9.17, 15) is 4.79 Å². The number of rotatable bonds is 6. The molecular formula is C37H29N3O. The van der Waals surface area contributed by atoms with Crippen molar-refractivity contribution in [3.05, 3.63) is 157 Å². The van der Waals surface area contributed by atoms with Crippen LogP contribution in [0, 0.1) is 5.92 Å². The molecule has 1 atom stereocenters. The monoisotopic (exact) mass is 531 g/mol. The van der Waals surface area contributed by atoms with Gasteiger partial charge in [0.2, 0.25) is 0 Å². The van der Waals surface area contributed by atoms with Crippen LogP contribution in [0.15, 0.2) is 140 Å². The van der Waals surface area contributed by atoms with Crippen LogP contribution in [0.3, 0.4) is 0 Å². The number of hydrogen-bond donors (Lipinski definition) is 0. The maximum absolute atomic E-state index is 14.3. The number of carbonyl (C=O) groups excluding carboxylic acids is 1. The summed E-state index contributed by atoms with van der Waals surface area (Å²) in [6.45, 7) is 2.21. The molecule has 0 saturated heterocycles. The lowest BCUT2D eigenvalue weighted by atomic mass is 9.89. The van der Waals surface area contributed by atoms with Gasteiger partial charge in [0.05, 0.1) is 0 Å². The fraction of sp³-hybridized carbons (Fsp3) is 0.0811. The first-order chi connectivity index (χ1) is 20.1. The number of pyridine rings is 3. The molecular weight excluding hydrogens is 502 g/mol. The van der Waals surface area contributed by atoms with Crippen molar-refractivity contribution in [1.29, 1.82) is 0 Å². The van der Waals surface area contributed by atoms with Crippen molar-refractivity contribution in [3.8, 4) is 33.4 Å². The highest BCUT2D eigenvalue weighted by atomic mass is 16.1. The van der Waals surface area contributed by atoms with E-state index in [1.807, 2.05) is 79.3 Å². The molecule has 1 unspecified atom stereocenters.